The summed E-state index contributed by atoms with van der Waals surface area (Å²) in [5.74, 6) is -5.30. The maximum atomic E-state index is 12.6. The molecule has 0 aliphatic heterocycles. The molecule has 0 bridgehead atoms. The van der Waals surface area contributed by atoms with Gasteiger partial charge in [-0.2, -0.15) is 0 Å². The zero-order valence-corrected chi connectivity index (χ0v) is 19.3. The second-order valence-electron chi connectivity index (χ2n) is 8.05. The number of hydrogen-bond acceptors (Lipinski definition) is 8. The highest BCUT2D eigenvalue weighted by atomic mass is 16.4. The fraction of sp³-hybridized carbons (Fsp3) is 0.364. The minimum atomic E-state index is -1.61. The van der Waals surface area contributed by atoms with Crippen LogP contribution >= 0.6 is 0 Å². The smallest absolute Gasteiger partial charge is 0.326 e. The third-order valence-electron chi connectivity index (χ3n) is 5.09. The first-order valence-electron chi connectivity index (χ1n) is 10.8. The number of amides is 3. The van der Waals surface area contributed by atoms with Crippen LogP contribution in [0.2, 0.25) is 0 Å². The highest BCUT2D eigenvalue weighted by Crippen LogP contribution is 2.11. The van der Waals surface area contributed by atoms with E-state index in [0.29, 0.717) is 11.3 Å². The number of carboxylic acids is 2. The van der Waals surface area contributed by atoms with Crippen molar-refractivity contribution in [2.45, 2.75) is 50.4 Å². The van der Waals surface area contributed by atoms with E-state index in [-0.39, 0.29) is 18.6 Å². The average molecular weight is 505 g/mol. The molecule has 0 saturated heterocycles. The number of aromatic hydroxyl groups is 1. The lowest BCUT2D eigenvalue weighted by atomic mass is 10.1. The maximum Gasteiger partial charge on any atom is 0.326 e. The Morgan fingerprint density at radius 3 is 2.14 bits per heavy atom. The molecule has 2 aromatic rings. The van der Waals surface area contributed by atoms with Crippen molar-refractivity contribution in [3.63, 3.8) is 0 Å². The fourth-order valence-electron chi connectivity index (χ4n) is 3.13. The number of nitrogens with two attached hydrogens (primary N) is 1. The number of aliphatic carboxylic acids is 2. The number of aromatic amines is 1. The van der Waals surface area contributed by atoms with Gasteiger partial charge in [-0.1, -0.05) is 12.1 Å². The molecule has 3 amide bonds. The van der Waals surface area contributed by atoms with Crippen molar-refractivity contribution in [1.82, 2.24) is 25.9 Å². The second kappa shape index (κ2) is 12.9. The van der Waals surface area contributed by atoms with Gasteiger partial charge in [-0.15, -0.1) is 0 Å². The van der Waals surface area contributed by atoms with E-state index in [9.17, 15) is 34.2 Å². The molecule has 0 spiro atoms. The van der Waals surface area contributed by atoms with Crippen molar-refractivity contribution in [2.75, 3.05) is 0 Å². The van der Waals surface area contributed by atoms with Crippen molar-refractivity contribution in [3.8, 4) is 5.75 Å². The van der Waals surface area contributed by atoms with Gasteiger partial charge in [0.1, 0.15) is 23.9 Å². The Hall–Kier alpha value is -4.46. The Labute approximate surface area is 205 Å². The Kier molecular flexibility index (Phi) is 9.92. The topological polar surface area (TPSA) is 237 Å². The zero-order chi connectivity index (χ0) is 26.8. The van der Waals surface area contributed by atoms with Crippen molar-refractivity contribution >= 4 is 29.7 Å². The van der Waals surface area contributed by atoms with Crippen LogP contribution in [0.25, 0.3) is 0 Å². The predicted molar refractivity (Wildman–Crippen MR) is 123 cm³/mol. The number of H-pyrrole nitrogens is 1. The van der Waals surface area contributed by atoms with Crippen molar-refractivity contribution in [1.29, 1.82) is 0 Å². The van der Waals surface area contributed by atoms with Gasteiger partial charge in [0.25, 0.3) is 0 Å². The fourth-order valence-corrected chi connectivity index (χ4v) is 3.13. The lowest BCUT2D eigenvalue weighted by Crippen LogP contribution is -2.57. The summed E-state index contributed by atoms with van der Waals surface area (Å²) in [5.41, 5.74) is 6.97. The Bertz CT molecular complexity index is 1070. The summed E-state index contributed by atoms with van der Waals surface area (Å²) in [6, 6.07) is 0.815. The molecule has 0 aliphatic carbocycles. The number of benzene rings is 1. The number of carbonyl (C=O) groups is 5. The van der Waals surface area contributed by atoms with E-state index in [1.807, 2.05) is 0 Å². The van der Waals surface area contributed by atoms with Gasteiger partial charge in [0, 0.05) is 18.3 Å². The molecule has 9 N–H and O–H groups in total. The summed E-state index contributed by atoms with van der Waals surface area (Å²) in [6.45, 7) is 1.31. The molecule has 194 valence electrons. The van der Waals surface area contributed by atoms with E-state index in [4.69, 9.17) is 10.8 Å². The molecule has 0 saturated carbocycles. The molecule has 14 heteroatoms. The number of phenolic OH excluding ortho intramolecular Hbond substituents is 1. The number of carbonyl (C=O) groups excluding carboxylic acids is 3. The van der Waals surface area contributed by atoms with Crippen LogP contribution < -0.4 is 21.7 Å². The van der Waals surface area contributed by atoms with E-state index in [1.165, 1.54) is 31.6 Å². The molecule has 1 heterocycles. The van der Waals surface area contributed by atoms with E-state index in [2.05, 4.69) is 25.9 Å². The van der Waals surface area contributed by atoms with Gasteiger partial charge in [0.15, 0.2) is 0 Å². The van der Waals surface area contributed by atoms with Gasteiger partial charge >= 0.3 is 11.9 Å². The average Bonchev–Trinajstić information content (AvgIpc) is 3.32. The number of nitrogens with zero attached hydrogens (tertiary/aromatic N) is 1. The summed E-state index contributed by atoms with van der Waals surface area (Å²) in [6.07, 6.45) is 1.84. The van der Waals surface area contributed by atoms with Crippen LogP contribution in [0, 0.1) is 0 Å². The SMILES string of the molecule is CC(NC(=O)C(N)Cc1ccc(O)cc1)C(=O)NC(CC(=O)O)C(=O)NC(Cc1cnc[nH]1)C(=O)O. The summed E-state index contributed by atoms with van der Waals surface area (Å²) in [7, 11) is 0. The molecule has 36 heavy (non-hydrogen) atoms. The highest BCUT2D eigenvalue weighted by Gasteiger charge is 2.30. The molecular formula is C22H28N6O8. The number of phenols is 1. The number of aromatic nitrogens is 2. The first-order chi connectivity index (χ1) is 17.0. The largest absolute Gasteiger partial charge is 0.508 e. The first-order valence-corrected chi connectivity index (χ1v) is 10.8. The summed E-state index contributed by atoms with van der Waals surface area (Å²) in [5, 5.41) is 34.7. The van der Waals surface area contributed by atoms with E-state index in [0.717, 1.165) is 0 Å². The molecule has 0 radical (unpaired) electrons. The van der Waals surface area contributed by atoms with E-state index in [1.54, 1.807) is 12.1 Å². The minimum Gasteiger partial charge on any atom is -0.508 e. The molecule has 4 atom stereocenters. The lowest BCUT2D eigenvalue weighted by molar-refractivity contribution is -0.143. The maximum absolute atomic E-state index is 12.6. The number of hydrogen-bond donors (Lipinski definition) is 8. The minimum absolute atomic E-state index is 0.0537. The van der Waals surface area contributed by atoms with Crippen LogP contribution in [-0.4, -0.2) is 79.1 Å². The van der Waals surface area contributed by atoms with Crippen molar-refractivity contribution in [2.24, 2.45) is 5.73 Å². The molecule has 4 unspecified atom stereocenters. The van der Waals surface area contributed by atoms with Gasteiger partial charge in [-0.25, -0.2) is 9.78 Å². The number of nitrogens with one attached hydrogen (secondary N) is 4. The highest BCUT2D eigenvalue weighted by molar-refractivity contribution is 5.95. The number of rotatable bonds is 13. The molecule has 14 nitrogen and oxygen atoms in total. The van der Waals surface area contributed by atoms with Crippen LogP contribution in [0.15, 0.2) is 36.8 Å². The standard InChI is InChI=1S/C22H28N6O8/c1-11(26-20(33)15(23)6-12-2-4-14(29)5-3-12)19(32)27-16(8-18(30)31)21(34)28-17(22(35)36)7-13-9-24-10-25-13/h2-5,9-11,15-17,29H,6-8,23H2,1H3,(H,24,25)(H,26,33)(H,27,32)(H,28,34)(H,30,31)(H,35,36). The Morgan fingerprint density at radius 2 is 1.58 bits per heavy atom. The van der Waals surface area contributed by atoms with Crippen molar-refractivity contribution in [3.05, 3.63) is 48.0 Å². The Balaban J connectivity index is 1.98. The van der Waals surface area contributed by atoms with Crippen LogP contribution in [0.4, 0.5) is 0 Å². The van der Waals surface area contributed by atoms with Gasteiger partial charge < -0.3 is 42.0 Å². The van der Waals surface area contributed by atoms with Gasteiger partial charge in [-0.3, -0.25) is 19.2 Å². The predicted octanol–water partition coefficient (Wildman–Crippen LogP) is -1.74. The van der Waals surface area contributed by atoms with Gasteiger partial charge in [0.2, 0.25) is 17.7 Å². The summed E-state index contributed by atoms with van der Waals surface area (Å²) in [4.78, 5) is 66.8. The molecular weight excluding hydrogens is 476 g/mol. The zero-order valence-electron chi connectivity index (χ0n) is 19.3. The monoisotopic (exact) mass is 504 g/mol. The molecule has 0 fully saturated rings. The van der Waals surface area contributed by atoms with E-state index < -0.39 is 60.2 Å². The molecule has 1 aromatic carbocycles. The lowest BCUT2D eigenvalue weighted by Gasteiger charge is -2.23. The van der Waals surface area contributed by atoms with Crippen LogP contribution in [-0.2, 0) is 36.8 Å². The van der Waals surface area contributed by atoms with Crippen LogP contribution in [0.1, 0.15) is 24.6 Å². The first kappa shape index (κ1) is 27.8. The Morgan fingerprint density at radius 1 is 0.944 bits per heavy atom. The van der Waals surface area contributed by atoms with Crippen LogP contribution in [0.3, 0.4) is 0 Å². The number of imidazole rings is 1. The second-order valence-corrected chi connectivity index (χ2v) is 8.05. The number of carboxylic acid groups (broad SMARTS) is 2. The molecule has 0 aliphatic rings. The van der Waals surface area contributed by atoms with Gasteiger partial charge in [-0.05, 0) is 31.0 Å². The molecule has 1 aromatic heterocycles. The van der Waals surface area contributed by atoms with E-state index >= 15 is 0 Å². The normalized spacial score (nSPS) is 14.1. The quantitative estimate of drug-likeness (QED) is 0.153. The van der Waals surface area contributed by atoms with Crippen LogP contribution in [0.5, 0.6) is 5.75 Å². The van der Waals surface area contributed by atoms with Gasteiger partial charge in [0.05, 0.1) is 18.8 Å². The summed E-state index contributed by atoms with van der Waals surface area (Å²) < 4.78 is 0. The third-order valence-corrected chi connectivity index (χ3v) is 5.09. The molecule has 2 rings (SSSR count). The third kappa shape index (κ3) is 8.72. The van der Waals surface area contributed by atoms with Crippen molar-refractivity contribution < 1.29 is 39.3 Å². The summed E-state index contributed by atoms with van der Waals surface area (Å²) >= 11 is 0.